The summed E-state index contributed by atoms with van der Waals surface area (Å²) in [5, 5.41) is 0.703. The molecule has 0 saturated heterocycles. The number of rotatable bonds is 4. The fourth-order valence-electron chi connectivity index (χ4n) is 2.02. The Balaban J connectivity index is 1.52. The van der Waals surface area contributed by atoms with Gasteiger partial charge in [0, 0.05) is 10.6 Å². The molecule has 118 valence electrons. The maximum Gasteiger partial charge on any atom is 0.149 e. The van der Waals surface area contributed by atoms with Crippen LogP contribution in [0.2, 0.25) is 5.02 Å². The largest absolute Gasteiger partial charge is 0.481 e. The van der Waals surface area contributed by atoms with Crippen molar-refractivity contribution in [3.63, 3.8) is 0 Å². The van der Waals surface area contributed by atoms with Crippen LogP contribution in [0.3, 0.4) is 0 Å². The van der Waals surface area contributed by atoms with Gasteiger partial charge in [0.05, 0.1) is 0 Å². The van der Waals surface area contributed by atoms with Gasteiger partial charge in [-0.05, 0) is 60.7 Å². The Labute approximate surface area is 146 Å². The average Bonchev–Trinajstić information content (AvgIpc) is 2.62. The highest BCUT2D eigenvalue weighted by atomic mass is 35.5. The molecule has 0 heterocycles. The molecule has 0 unspecified atom stereocenters. The van der Waals surface area contributed by atoms with Gasteiger partial charge in [0.15, 0.2) is 0 Å². The van der Waals surface area contributed by atoms with Crippen LogP contribution in [-0.4, -0.2) is 6.61 Å². The Morgan fingerprint density at radius 1 is 0.708 bits per heavy atom. The second-order valence-electron chi connectivity index (χ2n) is 4.98. The number of para-hydroxylation sites is 1. The average molecular weight is 335 g/mol. The number of ether oxygens (including phenoxy) is 2. The minimum atomic E-state index is 0.321. The van der Waals surface area contributed by atoms with Crippen LogP contribution in [0.4, 0.5) is 0 Å². The summed E-state index contributed by atoms with van der Waals surface area (Å²) in [6.45, 7) is 0.321. The summed E-state index contributed by atoms with van der Waals surface area (Å²) in [7, 11) is 0. The minimum Gasteiger partial charge on any atom is -0.481 e. The second kappa shape index (κ2) is 8.10. The fraction of sp³-hybridized carbons (Fsp3) is 0.0476. The third-order valence-corrected chi connectivity index (χ3v) is 3.44. The van der Waals surface area contributed by atoms with E-state index in [0.717, 1.165) is 22.8 Å². The summed E-state index contributed by atoms with van der Waals surface area (Å²) in [4.78, 5) is 0. The topological polar surface area (TPSA) is 18.5 Å². The van der Waals surface area contributed by atoms with E-state index in [0.29, 0.717) is 11.6 Å². The standard InChI is InChI=1S/C21H15ClO2/c22-18-10-8-17(9-11-18)5-4-16-23-19-12-14-21(15-13-19)24-20-6-2-1-3-7-20/h1-3,6-15H,16H2. The maximum absolute atomic E-state index is 5.83. The zero-order valence-corrected chi connectivity index (χ0v) is 13.7. The predicted molar refractivity (Wildman–Crippen MR) is 96.8 cm³/mol. The van der Waals surface area contributed by atoms with E-state index in [9.17, 15) is 0 Å². The molecular formula is C21H15ClO2. The van der Waals surface area contributed by atoms with Gasteiger partial charge < -0.3 is 9.47 Å². The van der Waals surface area contributed by atoms with E-state index < -0.39 is 0 Å². The van der Waals surface area contributed by atoms with Crippen molar-refractivity contribution < 1.29 is 9.47 Å². The Morgan fingerprint density at radius 2 is 1.33 bits per heavy atom. The molecule has 0 N–H and O–H groups in total. The molecule has 3 rings (SSSR count). The molecule has 3 aromatic rings. The monoisotopic (exact) mass is 334 g/mol. The Hall–Kier alpha value is -2.89. The molecule has 3 aromatic carbocycles. The molecule has 0 bridgehead atoms. The molecule has 0 fully saturated rings. The molecule has 0 radical (unpaired) electrons. The summed E-state index contributed by atoms with van der Waals surface area (Å²) < 4.78 is 11.3. The Morgan fingerprint density at radius 3 is 2.04 bits per heavy atom. The molecular weight excluding hydrogens is 320 g/mol. The highest BCUT2D eigenvalue weighted by Crippen LogP contribution is 2.23. The summed E-state index contributed by atoms with van der Waals surface area (Å²) in [6, 6.07) is 24.5. The van der Waals surface area contributed by atoms with Gasteiger partial charge in [0.1, 0.15) is 23.9 Å². The molecule has 3 heteroatoms. The lowest BCUT2D eigenvalue weighted by molar-refractivity contribution is 0.369. The van der Waals surface area contributed by atoms with E-state index in [-0.39, 0.29) is 0 Å². The SMILES string of the molecule is Clc1ccc(C#CCOc2ccc(Oc3ccccc3)cc2)cc1. The number of halogens is 1. The van der Waals surface area contributed by atoms with Gasteiger partial charge >= 0.3 is 0 Å². The summed E-state index contributed by atoms with van der Waals surface area (Å²) in [6.07, 6.45) is 0. The highest BCUT2D eigenvalue weighted by molar-refractivity contribution is 6.30. The van der Waals surface area contributed by atoms with Crippen molar-refractivity contribution >= 4 is 11.6 Å². The van der Waals surface area contributed by atoms with Crippen molar-refractivity contribution in [2.45, 2.75) is 0 Å². The second-order valence-corrected chi connectivity index (χ2v) is 5.42. The Bertz CT molecular complexity index is 829. The fourth-order valence-corrected chi connectivity index (χ4v) is 2.15. The molecule has 0 aromatic heterocycles. The van der Waals surface area contributed by atoms with E-state index >= 15 is 0 Å². The number of hydrogen-bond donors (Lipinski definition) is 0. The normalized spacial score (nSPS) is 9.71. The first-order valence-electron chi connectivity index (χ1n) is 7.50. The molecule has 24 heavy (non-hydrogen) atoms. The zero-order valence-electron chi connectivity index (χ0n) is 12.9. The minimum absolute atomic E-state index is 0.321. The lowest BCUT2D eigenvalue weighted by atomic mass is 10.2. The molecule has 0 aliphatic heterocycles. The molecule has 0 amide bonds. The highest BCUT2D eigenvalue weighted by Gasteiger charge is 1.97. The predicted octanol–water partition coefficient (Wildman–Crippen LogP) is 5.56. The van der Waals surface area contributed by atoms with Gasteiger partial charge in [0.2, 0.25) is 0 Å². The van der Waals surface area contributed by atoms with Crippen molar-refractivity contribution in [2.75, 3.05) is 6.61 Å². The van der Waals surface area contributed by atoms with Crippen LogP contribution in [0, 0.1) is 11.8 Å². The van der Waals surface area contributed by atoms with Gasteiger partial charge in [-0.25, -0.2) is 0 Å². The lowest BCUT2D eigenvalue weighted by Crippen LogP contribution is -1.94. The van der Waals surface area contributed by atoms with E-state index in [4.69, 9.17) is 21.1 Å². The third kappa shape index (κ3) is 4.81. The van der Waals surface area contributed by atoms with Crippen LogP contribution in [0.5, 0.6) is 17.2 Å². The first-order valence-corrected chi connectivity index (χ1v) is 7.87. The lowest BCUT2D eigenvalue weighted by Gasteiger charge is -2.06. The van der Waals surface area contributed by atoms with E-state index in [2.05, 4.69) is 11.8 Å². The summed E-state index contributed by atoms with van der Waals surface area (Å²) in [5.74, 6) is 8.33. The van der Waals surface area contributed by atoms with Gasteiger partial charge in [0.25, 0.3) is 0 Å². The number of benzene rings is 3. The van der Waals surface area contributed by atoms with Crippen LogP contribution in [0.15, 0.2) is 78.9 Å². The molecule has 0 saturated carbocycles. The first kappa shape index (κ1) is 16.0. The first-order chi connectivity index (χ1) is 11.8. The van der Waals surface area contributed by atoms with E-state index in [1.54, 1.807) is 0 Å². The van der Waals surface area contributed by atoms with Crippen LogP contribution in [0.1, 0.15) is 5.56 Å². The summed E-state index contributed by atoms with van der Waals surface area (Å²) in [5.41, 5.74) is 0.912. The van der Waals surface area contributed by atoms with E-state index in [1.165, 1.54) is 0 Å². The molecule has 0 spiro atoms. The third-order valence-electron chi connectivity index (χ3n) is 3.19. The Kier molecular flexibility index (Phi) is 5.40. The van der Waals surface area contributed by atoms with Crippen molar-refractivity contribution in [3.05, 3.63) is 89.4 Å². The van der Waals surface area contributed by atoms with Gasteiger partial charge in [-0.3, -0.25) is 0 Å². The maximum atomic E-state index is 5.83. The van der Waals surface area contributed by atoms with Gasteiger partial charge in [-0.1, -0.05) is 41.6 Å². The van der Waals surface area contributed by atoms with Crippen LogP contribution < -0.4 is 9.47 Å². The van der Waals surface area contributed by atoms with Crippen LogP contribution in [0.25, 0.3) is 0 Å². The van der Waals surface area contributed by atoms with Crippen LogP contribution >= 0.6 is 11.6 Å². The van der Waals surface area contributed by atoms with Gasteiger partial charge in [-0.15, -0.1) is 0 Å². The van der Waals surface area contributed by atoms with Crippen molar-refractivity contribution in [2.24, 2.45) is 0 Å². The molecule has 0 aliphatic rings. The quantitative estimate of drug-likeness (QED) is 0.581. The smallest absolute Gasteiger partial charge is 0.149 e. The molecule has 0 atom stereocenters. The van der Waals surface area contributed by atoms with Gasteiger partial charge in [-0.2, -0.15) is 0 Å². The summed E-state index contributed by atoms with van der Waals surface area (Å²) >= 11 is 5.83. The van der Waals surface area contributed by atoms with Crippen molar-refractivity contribution in [1.29, 1.82) is 0 Å². The molecule has 0 aliphatic carbocycles. The van der Waals surface area contributed by atoms with E-state index in [1.807, 2.05) is 78.9 Å². The zero-order chi connectivity index (χ0) is 16.6. The molecule has 2 nitrogen and oxygen atoms in total. The number of hydrogen-bond acceptors (Lipinski definition) is 2. The van der Waals surface area contributed by atoms with Crippen molar-refractivity contribution in [1.82, 2.24) is 0 Å². The van der Waals surface area contributed by atoms with Crippen LogP contribution in [-0.2, 0) is 0 Å². The van der Waals surface area contributed by atoms with Crippen molar-refractivity contribution in [3.8, 4) is 29.1 Å².